The monoisotopic (exact) mass is 346 g/mol. The van der Waals surface area contributed by atoms with E-state index in [-0.39, 0.29) is 11.7 Å². The fourth-order valence-corrected chi connectivity index (χ4v) is 2.92. The van der Waals surface area contributed by atoms with Gasteiger partial charge in [-0.05, 0) is 48.4 Å². The molecule has 0 aliphatic rings. The summed E-state index contributed by atoms with van der Waals surface area (Å²) < 4.78 is 14.9. The Bertz CT molecular complexity index is 1120. The number of amidine groups is 1. The number of benzene rings is 1. The molecule has 3 N–H and O–H groups in total. The molecule has 0 bridgehead atoms. The third-order valence-corrected chi connectivity index (χ3v) is 4.13. The van der Waals surface area contributed by atoms with E-state index in [0.717, 1.165) is 16.8 Å². The number of aromatic nitrogens is 4. The van der Waals surface area contributed by atoms with Gasteiger partial charge in [0.25, 0.3) is 0 Å². The van der Waals surface area contributed by atoms with Crippen LogP contribution in [0.4, 0.5) is 4.39 Å². The van der Waals surface area contributed by atoms with E-state index in [1.54, 1.807) is 29.0 Å². The second-order valence-electron chi connectivity index (χ2n) is 5.91. The average molecular weight is 346 g/mol. The van der Waals surface area contributed by atoms with Crippen LogP contribution in [0.1, 0.15) is 11.3 Å². The molecule has 0 amide bonds. The maximum Gasteiger partial charge on any atom is 0.183 e. The number of fused-ring (bicyclic) bond motifs is 1. The van der Waals surface area contributed by atoms with Gasteiger partial charge in [0.05, 0.1) is 5.56 Å². The summed E-state index contributed by atoms with van der Waals surface area (Å²) in [5, 5.41) is 12.6. The van der Waals surface area contributed by atoms with Gasteiger partial charge in [0.15, 0.2) is 11.5 Å². The largest absolute Gasteiger partial charge is 0.384 e. The molecule has 0 spiro atoms. The van der Waals surface area contributed by atoms with Crippen LogP contribution in [0.2, 0.25) is 0 Å². The Labute approximate surface area is 148 Å². The number of halogens is 1. The normalized spacial score (nSPS) is 11.0. The van der Waals surface area contributed by atoms with Gasteiger partial charge in [0.1, 0.15) is 11.7 Å². The summed E-state index contributed by atoms with van der Waals surface area (Å²) in [5.41, 5.74) is 9.88. The number of aryl methyl sites for hydroxylation is 1. The van der Waals surface area contributed by atoms with Crippen molar-refractivity contribution in [3.63, 3.8) is 0 Å². The van der Waals surface area contributed by atoms with Crippen molar-refractivity contribution in [2.75, 3.05) is 0 Å². The number of nitrogens with two attached hydrogens (primary N) is 1. The number of hydrogen-bond acceptors (Lipinski definition) is 4. The summed E-state index contributed by atoms with van der Waals surface area (Å²) in [6, 6.07) is 11.6. The average Bonchev–Trinajstić information content (AvgIpc) is 3.08. The van der Waals surface area contributed by atoms with Crippen molar-refractivity contribution in [1.82, 2.24) is 19.6 Å². The van der Waals surface area contributed by atoms with Gasteiger partial charge >= 0.3 is 0 Å². The van der Waals surface area contributed by atoms with E-state index in [0.29, 0.717) is 22.6 Å². The predicted octanol–water partition coefficient (Wildman–Crippen LogP) is 3.19. The Morgan fingerprint density at radius 1 is 1.15 bits per heavy atom. The van der Waals surface area contributed by atoms with Gasteiger partial charge < -0.3 is 5.73 Å². The minimum Gasteiger partial charge on any atom is -0.384 e. The Kier molecular flexibility index (Phi) is 3.69. The highest BCUT2D eigenvalue weighted by Crippen LogP contribution is 2.29. The maximum absolute atomic E-state index is 13.3. The first-order valence-electron chi connectivity index (χ1n) is 7.95. The summed E-state index contributed by atoms with van der Waals surface area (Å²) in [4.78, 5) is 8.68. The molecule has 26 heavy (non-hydrogen) atoms. The van der Waals surface area contributed by atoms with Crippen LogP contribution in [-0.2, 0) is 0 Å². The summed E-state index contributed by atoms with van der Waals surface area (Å²) >= 11 is 0. The Morgan fingerprint density at radius 2 is 1.92 bits per heavy atom. The number of nitrogen functional groups attached to an aromatic ring is 1. The van der Waals surface area contributed by atoms with Crippen LogP contribution in [0.5, 0.6) is 0 Å². The van der Waals surface area contributed by atoms with Crippen LogP contribution >= 0.6 is 0 Å². The third kappa shape index (κ3) is 2.59. The molecule has 0 saturated heterocycles. The van der Waals surface area contributed by atoms with Gasteiger partial charge in [0, 0.05) is 23.7 Å². The van der Waals surface area contributed by atoms with Gasteiger partial charge in [-0.3, -0.25) is 10.4 Å². The standard InChI is InChI=1S/C19H15FN6/c1-11-9-15(12-4-6-14(20)7-5-12)16(17(21)22)19-24-18(25-26(11)19)13-3-2-8-23-10-13/h2-10H,1H3,(H3,21,22). The van der Waals surface area contributed by atoms with Gasteiger partial charge in [-0.25, -0.2) is 13.9 Å². The van der Waals surface area contributed by atoms with E-state index in [9.17, 15) is 4.39 Å². The van der Waals surface area contributed by atoms with Gasteiger partial charge in [-0.15, -0.1) is 5.10 Å². The van der Waals surface area contributed by atoms with E-state index in [2.05, 4.69) is 15.1 Å². The zero-order valence-electron chi connectivity index (χ0n) is 13.9. The minimum absolute atomic E-state index is 0.125. The molecule has 0 aliphatic carbocycles. The fraction of sp³-hybridized carbons (Fsp3) is 0.0526. The van der Waals surface area contributed by atoms with Crippen LogP contribution in [0.3, 0.4) is 0 Å². The molecular formula is C19H15FN6. The fourth-order valence-electron chi connectivity index (χ4n) is 2.92. The van der Waals surface area contributed by atoms with E-state index >= 15 is 0 Å². The highest BCUT2D eigenvalue weighted by Gasteiger charge is 2.19. The van der Waals surface area contributed by atoms with Crippen molar-refractivity contribution >= 4 is 11.5 Å². The molecule has 3 heterocycles. The van der Waals surface area contributed by atoms with Gasteiger partial charge in [-0.1, -0.05) is 12.1 Å². The number of nitrogens with zero attached hydrogens (tertiary/aromatic N) is 4. The van der Waals surface area contributed by atoms with Crippen molar-refractivity contribution in [3.8, 4) is 22.5 Å². The van der Waals surface area contributed by atoms with E-state index in [1.165, 1.54) is 12.1 Å². The molecule has 0 fully saturated rings. The van der Waals surface area contributed by atoms with Crippen LogP contribution in [0.25, 0.3) is 28.2 Å². The third-order valence-electron chi connectivity index (χ3n) is 4.13. The van der Waals surface area contributed by atoms with Crippen LogP contribution in [0, 0.1) is 18.2 Å². The molecule has 0 unspecified atom stereocenters. The lowest BCUT2D eigenvalue weighted by molar-refractivity contribution is 0.628. The number of rotatable bonds is 3. The van der Waals surface area contributed by atoms with Gasteiger partial charge in [-0.2, -0.15) is 0 Å². The zero-order valence-corrected chi connectivity index (χ0v) is 13.9. The topological polar surface area (TPSA) is 93.0 Å². The number of nitrogens with one attached hydrogen (secondary N) is 1. The molecule has 0 saturated carbocycles. The van der Waals surface area contributed by atoms with Crippen molar-refractivity contribution in [2.24, 2.45) is 5.73 Å². The first kappa shape index (κ1) is 15.9. The maximum atomic E-state index is 13.3. The Balaban J connectivity index is 2.01. The van der Waals surface area contributed by atoms with Crippen molar-refractivity contribution in [2.45, 2.75) is 6.92 Å². The van der Waals surface area contributed by atoms with E-state index in [4.69, 9.17) is 11.1 Å². The van der Waals surface area contributed by atoms with E-state index in [1.807, 2.05) is 25.1 Å². The minimum atomic E-state index is -0.322. The molecule has 4 aromatic rings. The van der Waals surface area contributed by atoms with Gasteiger partial charge in [0.2, 0.25) is 0 Å². The molecule has 0 atom stereocenters. The van der Waals surface area contributed by atoms with E-state index < -0.39 is 0 Å². The smallest absolute Gasteiger partial charge is 0.183 e. The number of pyridine rings is 2. The second-order valence-corrected chi connectivity index (χ2v) is 5.91. The lowest BCUT2D eigenvalue weighted by Gasteiger charge is -2.11. The molecule has 1 aromatic carbocycles. The van der Waals surface area contributed by atoms with Crippen molar-refractivity contribution < 1.29 is 4.39 Å². The van der Waals surface area contributed by atoms with Crippen LogP contribution < -0.4 is 5.73 Å². The lowest BCUT2D eigenvalue weighted by Crippen LogP contribution is -2.15. The molecule has 4 rings (SSSR count). The summed E-state index contributed by atoms with van der Waals surface area (Å²) in [5.74, 6) is 0.0525. The summed E-state index contributed by atoms with van der Waals surface area (Å²) in [6.07, 6.45) is 3.36. The quantitative estimate of drug-likeness (QED) is 0.440. The highest BCUT2D eigenvalue weighted by atomic mass is 19.1. The number of hydrogen-bond donors (Lipinski definition) is 2. The Hall–Kier alpha value is -3.61. The van der Waals surface area contributed by atoms with Crippen LogP contribution in [-0.4, -0.2) is 25.4 Å². The molecular weight excluding hydrogens is 331 g/mol. The first-order valence-corrected chi connectivity index (χ1v) is 7.95. The molecule has 6 nitrogen and oxygen atoms in total. The molecule has 128 valence electrons. The zero-order chi connectivity index (χ0) is 18.3. The predicted molar refractivity (Wildman–Crippen MR) is 97.4 cm³/mol. The molecule has 0 aliphatic heterocycles. The van der Waals surface area contributed by atoms with Crippen molar-refractivity contribution in [1.29, 1.82) is 5.41 Å². The highest BCUT2D eigenvalue weighted by molar-refractivity contribution is 6.07. The molecule has 0 radical (unpaired) electrons. The summed E-state index contributed by atoms with van der Waals surface area (Å²) in [7, 11) is 0. The second kappa shape index (κ2) is 6.03. The summed E-state index contributed by atoms with van der Waals surface area (Å²) in [6.45, 7) is 1.89. The van der Waals surface area contributed by atoms with Crippen molar-refractivity contribution in [3.05, 3.63) is 71.9 Å². The van der Waals surface area contributed by atoms with Crippen LogP contribution in [0.15, 0.2) is 54.9 Å². The first-order chi connectivity index (χ1) is 12.5. The molecule has 7 heteroatoms. The lowest BCUT2D eigenvalue weighted by atomic mass is 9.99. The Morgan fingerprint density at radius 3 is 2.58 bits per heavy atom. The SMILES string of the molecule is Cc1cc(-c2ccc(F)cc2)c(C(=N)N)c2nc(-c3cccnc3)nn12. The molecule has 3 aromatic heterocycles.